The fourth-order valence-electron chi connectivity index (χ4n) is 4.25. The summed E-state index contributed by atoms with van der Waals surface area (Å²) in [5.41, 5.74) is 1.31. The maximum absolute atomic E-state index is 13.2. The summed E-state index contributed by atoms with van der Waals surface area (Å²) in [6, 6.07) is 11.5. The number of amides is 1. The van der Waals surface area contributed by atoms with Crippen molar-refractivity contribution in [3.8, 4) is 5.75 Å². The number of sulfonamides is 1. The summed E-state index contributed by atoms with van der Waals surface area (Å²) in [5, 5.41) is 0. The van der Waals surface area contributed by atoms with Gasteiger partial charge in [-0.2, -0.15) is 9.30 Å². The van der Waals surface area contributed by atoms with E-state index < -0.39 is 21.9 Å². The smallest absolute Gasteiger partial charge is 0.338 e. The lowest BCUT2D eigenvalue weighted by molar-refractivity contribution is -0.122. The van der Waals surface area contributed by atoms with Gasteiger partial charge in [0.1, 0.15) is 5.75 Å². The van der Waals surface area contributed by atoms with Crippen LogP contribution in [0.1, 0.15) is 37.0 Å². The molecule has 1 saturated heterocycles. The number of nitrogens with zero attached hydrogens (tertiary/aromatic N) is 3. The maximum atomic E-state index is 13.2. The predicted octanol–water partition coefficient (Wildman–Crippen LogP) is 3.44. The number of piperidine rings is 1. The second-order valence-corrected chi connectivity index (χ2v) is 11.3. The van der Waals surface area contributed by atoms with Gasteiger partial charge in [0.15, 0.2) is 4.80 Å². The van der Waals surface area contributed by atoms with E-state index in [2.05, 4.69) is 4.99 Å². The lowest BCUT2D eigenvalue weighted by Gasteiger charge is -2.30. The number of benzene rings is 2. The molecule has 0 radical (unpaired) electrons. The molecule has 1 aromatic heterocycles. The van der Waals surface area contributed by atoms with Crippen molar-refractivity contribution in [3.05, 3.63) is 52.8 Å². The molecule has 4 rings (SSSR count). The van der Waals surface area contributed by atoms with Crippen molar-refractivity contribution in [3.63, 3.8) is 0 Å². The Bertz CT molecular complexity index is 1440. The van der Waals surface area contributed by atoms with Gasteiger partial charge in [0.05, 0.1) is 40.3 Å². The van der Waals surface area contributed by atoms with Gasteiger partial charge in [-0.1, -0.05) is 11.3 Å². The molecule has 0 aliphatic carbocycles. The molecule has 1 aliphatic rings. The van der Waals surface area contributed by atoms with Crippen LogP contribution in [-0.4, -0.2) is 56.0 Å². The van der Waals surface area contributed by atoms with Crippen LogP contribution < -0.4 is 9.54 Å². The van der Waals surface area contributed by atoms with Crippen molar-refractivity contribution in [2.45, 2.75) is 38.1 Å². The van der Waals surface area contributed by atoms with E-state index in [1.54, 1.807) is 31.2 Å². The van der Waals surface area contributed by atoms with Crippen molar-refractivity contribution in [2.24, 2.45) is 10.9 Å². The van der Waals surface area contributed by atoms with Crippen LogP contribution >= 0.6 is 11.3 Å². The van der Waals surface area contributed by atoms with Crippen molar-refractivity contribution in [1.29, 1.82) is 0 Å². The quantitative estimate of drug-likeness (QED) is 0.433. The van der Waals surface area contributed by atoms with Gasteiger partial charge >= 0.3 is 5.97 Å². The zero-order valence-corrected chi connectivity index (χ0v) is 22.1. The van der Waals surface area contributed by atoms with E-state index in [1.807, 2.05) is 17.6 Å². The molecule has 1 unspecified atom stereocenters. The van der Waals surface area contributed by atoms with Crippen LogP contribution in [-0.2, 0) is 26.1 Å². The summed E-state index contributed by atoms with van der Waals surface area (Å²) in [4.78, 5) is 30.4. The molecule has 11 heteroatoms. The number of hydrogen-bond acceptors (Lipinski definition) is 7. The van der Waals surface area contributed by atoms with E-state index in [9.17, 15) is 18.0 Å². The van der Waals surface area contributed by atoms with Gasteiger partial charge in [-0.15, -0.1) is 0 Å². The first kappa shape index (κ1) is 26.1. The number of carbonyl (C=O) groups is 2. The van der Waals surface area contributed by atoms with E-state index in [0.717, 1.165) is 10.2 Å². The molecule has 0 spiro atoms. The molecule has 0 bridgehead atoms. The molecule has 0 N–H and O–H groups in total. The number of aryl methyl sites for hydroxylation is 1. The molecule has 1 amide bonds. The summed E-state index contributed by atoms with van der Waals surface area (Å²) < 4.78 is 40.6. The van der Waals surface area contributed by atoms with Gasteiger partial charge in [-0.05, 0) is 69.2 Å². The highest BCUT2D eigenvalue weighted by atomic mass is 32.2. The van der Waals surface area contributed by atoms with Crippen LogP contribution in [0.3, 0.4) is 0 Å². The molecule has 2 aromatic carbocycles. The minimum absolute atomic E-state index is 0.0841. The van der Waals surface area contributed by atoms with Gasteiger partial charge in [-0.3, -0.25) is 4.79 Å². The molecule has 3 aromatic rings. The number of esters is 1. The third kappa shape index (κ3) is 5.23. The Morgan fingerprint density at radius 2 is 1.89 bits per heavy atom. The number of methoxy groups -OCH3 is 1. The van der Waals surface area contributed by atoms with Crippen LogP contribution in [0.15, 0.2) is 52.4 Å². The second-order valence-electron chi connectivity index (χ2n) is 8.36. The standard InChI is InChI=1S/C25H29N3O6S2/c1-4-28-21-13-8-17(24(30)34-5-2)15-22(21)35-25(28)26-23(29)18-7-6-14-27(16-18)36(31,32)20-11-9-19(33-3)10-12-20/h8-13,15,18H,4-7,14,16H2,1-3H3. The number of ether oxygens (including phenoxy) is 2. The summed E-state index contributed by atoms with van der Waals surface area (Å²) in [6.07, 6.45) is 1.14. The average Bonchev–Trinajstić information content (AvgIpc) is 3.24. The Hall–Kier alpha value is -3.02. The first-order chi connectivity index (χ1) is 17.3. The normalized spacial score (nSPS) is 17.3. The van der Waals surface area contributed by atoms with Gasteiger partial charge in [0.2, 0.25) is 10.0 Å². The number of aromatic nitrogens is 1. The highest BCUT2D eigenvalue weighted by Gasteiger charge is 2.33. The zero-order chi connectivity index (χ0) is 25.9. The van der Waals surface area contributed by atoms with Crippen molar-refractivity contribution in [2.75, 3.05) is 26.8 Å². The van der Waals surface area contributed by atoms with Crippen molar-refractivity contribution < 1.29 is 27.5 Å². The summed E-state index contributed by atoms with van der Waals surface area (Å²) in [6.45, 7) is 5.03. The highest BCUT2D eigenvalue weighted by Crippen LogP contribution is 2.26. The summed E-state index contributed by atoms with van der Waals surface area (Å²) in [5.74, 6) is -0.700. The monoisotopic (exact) mass is 531 g/mol. The Kier molecular flexibility index (Phi) is 7.91. The maximum Gasteiger partial charge on any atom is 0.338 e. The minimum Gasteiger partial charge on any atom is -0.497 e. The third-order valence-electron chi connectivity index (χ3n) is 6.15. The highest BCUT2D eigenvalue weighted by molar-refractivity contribution is 7.89. The summed E-state index contributed by atoms with van der Waals surface area (Å²) >= 11 is 1.32. The fraction of sp³-hybridized carbons (Fsp3) is 0.400. The van der Waals surface area contributed by atoms with E-state index in [4.69, 9.17) is 9.47 Å². The van der Waals surface area contributed by atoms with E-state index in [1.165, 1.54) is 34.9 Å². The van der Waals surface area contributed by atoms with Gasteiger partial charge in [0, 0.05) is 19.6 Å². The number of thiazole rings is 1. The van der Waals surface area contributed by atoms with Crippen LogP contribution in [0.2, 0.25) is 0 Å². The molecule has 1 fully saturated rings. The topological polar surface area (TPSA) is 107 Å². The number of fused-ring (bicyclic) bond motifs is 1. The molecule has 1 atom stereocenters. The minimum atomic E-state index is -3.74. The first-order valence-electron chi connectivity index (χ1n) is 11.8. The Balaban J connectivity index is 1.59. The zero-order valence-electron chi connectivity index (χ0n) is 20.5. The molecule has 1 aliphatic heterocycles. The largest absolute Gasteiger partial charge is 0.497 e. The van der Waals surface area contributed by atoms with E-state index in [0.29, 0.717) is 42.0 Å². The van der Waals surface area contributed by atoms with Gasteiger partial charge in [-0.25, -0.2) is 13.2 Å². The molecular formula is C25H29N3O6S2. The van der Waals surface area contributed by atoms with E-state index in [-0.39, 0.29) is 24.0 Å². The second kappa shape index (κ2) is 10.9. The predicted molar refractivity (Wildman–Crippen MR) is 136 cm³/mol. The SMILES string of the molecule is CCOC(=O)c1ccc2c(c1)sc(=NC(=O)C1CCCN(S(=O)(=O)c3ccc(OC)cc3)C1)n2CC. The number of rotatable bonds is 7. The van der Waals surface area contributed by atoms with Crippen molar-refractivity contribution in [1.82, 2.24) is 8.87 Å². The van der Waals surface area contributed by atoms with Gasteiger partial charge < -0.3 is 14.0 Å². The van der Waals surface area contributed by atoms with Gasteiger partial charge in [0.25, 0.3) is 5.91 Å². The molecule has 9 nitrogen and oxygen atoms in total. The fourth-order valence-corrected chi connectivity index (χ4v) is 6.91. The Morgan fingerprint density at radius 3 is 2.56 bits per heavy atom. The molecule has 2 heterocycles. The number of carbonyl (C=O) groups excluding carboxylic acids is 2. The lowest BCUT2D eigenvalue weighted by atomic mass is 9.99. The summed E-state index contributed by atoms with van der Waals surface area (Å²) in [7, 11) is -2.22. The molecular weight excluding hydrogens is 502 g/mol. The Labute approximate surface area is 214 Å². The third-order valence-corrected chi connectivity index (χ3v) is 9.07. The van der Waals surface area contributed by atoms with E-state index >= 15 is 0 Å². The number of hydrogen-bond donors (Lipinski definition) is 0. The van der Waals surface area contributed by atoms with Crippen LogP contribution in [0, 0.1) is 5.92 Å². The van der Waals surface area contributed by atoms with Crippen LogP contribution in [0.4, 0.5) is 0 Å². The Morgan fingerprint density at radius 1 is 1.14 bits per heavy atom. The molecule has 192 valence electrons. The molecule has 0 saturated carbocycles. The van der Waals surface area contributed by atoms with Crippen LogP contribution in [0.25, 0.3) is 10.2 Å². The molecule has 36 heavy (non-hydrogen) atoms. The average molecular weight is 532 g/mol. The first-order valence-corrected chi connectivity index (χ1v) is 14.1. The van der Waals surface area contributed by atoms with Crippen LogP contribution in [0.5, 0.6) is 5.75 Å². The van der Waals surface area contributed by atoms with Crippen molar-refractivity contribution >= 4 is 43.5 Å². The lowest BCUT2D eigenvalue weighted by Crippen LogP contribution is -2.42.